The van der Waals surface area contributed by atoms with Crippen molar-refractivity contribution < 1.29 is 4.79 Å². The maximum absolute atomic E-state index is 12.1. The van der Waals surface area contributed by atoms with Crippen LogP contribution < -0.4 is 5.32 Å². The van der Waals surface area contributed by atoms with Crippen LogP contribution in [0.4, 0.5) is 5.69 Å². The van der Waals surface area contributed by atoms with E-state index >= 15 is 0 Å². The lowest BCUT2D eigenvalue weighted by Crippen LogP contribution is -2.05. The first kappa shape index (κ1) is 10.4. The van der Waals surface area contributed by atoms with Crippen LogP contribution in [-0.4, -0.2) is 22.3 Å². The summed E-state index contributed by atoms with van der Waals surface area (Å²) in [6, 6.07) is 9.84. The minimum Gasteiger partial charge on any atom is -0.382 e. The number of aromatic amines is 2. The Labute approximate surface area is 109 Å². The van der Waals surface area contributed by atoms with Crippen molar-refractivity contribution in [3.63, 3.8) is 0 Å². The summed E-state index contributed by atoms with van der Waals surface area (Å²) < 4.78 is 0. The fourth-order valence-electron chi connectivity index (χ4n) is 2.78. The molecule has 3 aromatic rings. The SMILES string of the molecule is O=C1CCNc2c(-c3ccc[nH]3)[nH]c3cccc1c23. The van der Waals surface area contributed by atoms with Gasteiger partial charge in [-0.05, 0) is 18.2 Å². The number of aromatic nitrogens is 2. The van der Waals surface area contributed by atoms with Gasteiger partial charge in [-0.3, -0.25) is 4.79 Å². The van der Waals surface area contributed by atoms with Crippen molar-refractivity contribution in [1.29, 1.82) is 0 Å². The van der Waals surface area contributed by atoms with Crippen LogP contribution in [-0.2, 0) is 0 Å². The molecule has 4 heteroatoms. The van der Waals surface area contributed by atoms with Crippen LogP contribution in [0.1, 0.15) is 16.8 Å². The molecule has 0 atom stereocenters. The average Bonchev–Trinajstić information content (AvgIpc) is 3.01. The molecule has 0 saturated heterocycles. The Kier molecular flexibility index (Phi) is 2.06. The van der Waals surface area contributed by atoms with Crippen LogP contribution in [0.5, 0.6) is 0 Å². The van der Waals surface area contributed by atoms with Gasteiger partial charge in [0, 0.05) is 35.6 Å². The number of nitrogens with one attached hydrogen (secondary N) is 3. The normalized spacial score (nSPS) is 14.4. The molecule has 4 nitrogen and oxygen atoms in total. The van der Waals surface area contributed by atoms with E-state index in [1.54, 1.807) is 0 Å². The predicted octanol–water partition coefficient (Wildman–Crippen LogP) is 3.16. The van der Waals surface area contributed by atoms with Gasteiger partial charge in [0.1, 0.15) is 0 Å². The predicted molar refractivity (Wildman–Crippen MR) is 75.5 cm³/mol. The number of rotatable bonds is 1. The summed E-state index contributed by atoms with van der Waals surface area (Å²) in [7, 11) is 0. The van der Waals surface area contributed by atoms with E-state index in [1.165, 1.54) is 0 Å². The number of benzene rings is 1. The molecule has 0 fully saturated rings. The van der Waals surface area contributed by atoms with E-state index in [-0.39, 0.29) is 5.78 Å². The standard InChI is InChI=1S/C15H13N3O/c19-12-6-8-17-15-13-9(12)3-1-4-10(13)18-14(15)11-5-2-7-16-11/h1-5,7,16-18H,6,8H2. The number of carbonyl (C=O) groups excluding carboxylic acids is 1. The first-order valence-electron chi connectivity index (χ1n) is 6.40. The van der Waals surface area contributed by atoms with Gasteiger partial charge in [0.05, 0.1) is 17.1 Å². The molecule has 3 heterocycles. The molecule has 3 N–H and O–H groups in total. The maximum atomic E-state index is 12.1. The molecule has 0 amide bonds. The highest BCUT2D eigenvalue weighted by molar-refractivity contribution is 6.15. The zero-order chi connectivity index (χ0) is 12.8. The van der Waals surface area contributed by atoms with E-state index in [9.17, 15) is 4.79 Å². The highest BCUT2D eigenvalue weighted by Gasteiger charge is 2.22. The average molecular weight is 251 g/mol. The lowest BCUT2D eigenvalue weighted by Gasteiger charge is -2.04. The monoisotopic (exact) mass is 251 g/mol. The smallest absolute Gasteiger partial charge is 0.165 e. The van der Waals surface area contributed by atoms with Gasteiger partial charge in [-0.15, -0.1) is 0 Å². The van der Waals surface area contributed by atoms with Crippen LogP contribution in [0.15, 0.2) is 36.5 Å². The molecule has 0 bridgehead atoms. The van der Waals surface area contributed by atoms with Crippen LogP contribution >= 0.6 is 0 Å². The lowest BCUT2D eigenvalue weighted by atomic mass is 10.0. The molecule has 94 valence electrons. The third kappa shape index (κ3) is 1.43. The third-order valence-corrected chi connectivity index (χ3v) is 3.65. The van der Waals surface area contributed by atoms with E-state index < -0.39 is 0 Å². The summed E-state index contributed by atoms with van der Waals surface area (Å²) >= 11 is 0. The van der Waals surface area contributed by atoms with E-state index in [4.69, 9.17) is 0 Å². The van der Waals surface area contributed by atoms with Crippen molar-refractivity contribution in [2.24, 2.45) is 0 Å². The van der Waals surface area contributed by atoms with E-state index in [2.05, 4.69) is 15.3 Å². The van der Waals surface area contributed by atoms with Crippen molar-refractivity contribution >= 4 is 22.4 Å². The van der Waals surface area contributed by atoms with Gasteiger partial charge in [-0.25, -0.2) is 0 Å². The molecule has 1 aliphatic rings. The Morgan fingerprint density at radius 2 is 2.05 bits per heavy atom. The van der Waals surface area contributed by atoms with Crippen LogP contribution in [0.25, 0.3) is 22.3 Å². The molecule has 0 aliphatic carbocycles. The molecule has 0 saturated carbocycles. The largest absolute Gasteiger partial charge is 0.382 e. The molecular formula is C15H13N3O. The van der Waals surface area contributed by atoms with Crippen molar-refractivity contribution in [2.45, 2.75) is 6.42 Å². The molecule has 1 aromatic carbocycles. The zero-order valence-electron chi connectivity index (χ0n) is 10.3. The van der Waals surface area contributed by atoms with Crippen LogP contribution in [0.3, 0.4) is 0 Å². The Hall–Kier alpha value is -2.49. The number of H-pyrrole nitrogens is 2. The Morgan fingerprint density at radius 1 is 1.11 bits per heavy atom. The van der Waals surface area contributed by atoms with Crippen molar-refractivity contribution in [2.75, 3.05) is 11.9 Å². The fraction of sp³-hybridized carbons (Fsp3) is 0.133. The quantitative estimate of drug-likeness (QED) is 0.622. The lowest BCUT2D eigenvalue weighted by molar-refractivity contribution is 0.0989. The summed E-state index contributed by atoms with van der Waals surface area (Å²) in [5.74, 6) is 0.203. The van der Waals surface area contributed by atoms with Gasteiger partial charge in [0.25, 0.3) is 0 Å². The molecular weight excluding hydrogens is 238 g/mol. The second-order valence-corrected chi connectivity index (χ2v) is 4.79. The first-order chi connectivity index (χ1) is 9.34. The molecule has 19 heavy (non-hydrogen) atoms. The maximum Gasteiger partial charge on any atom is 0.165 e. The zero-order valence-corrected chi connectivity index (χ0v) is 10.3. The number of hydrogen-bond donors (Lipinski definition) is 3. The first-order valence-corrected chi connectivity index (χ1v) is 6.40. The second kappa shape index (κ2) is 3.75. The minimum absolute atomic E-state index is 0.203. The number of hydrogen-bond acceptors (Lipinski definition) is 2. The minimum atomic E-state index is 0.203. The topological polar surface area (TPSA) is 60.7 Å². The van der Waals surface area contributed by atoms with Crippen molar-refractivity contribution in [1.82, 2.24) is 9.97 Å². The number of Topliss-reactive ketones (excluding diaryl/α,β-unsaturated/α-hetero) is 1. The summed E-state index contributed by atoms with van der Waals surface area (Å²) in [6.45, 7) is 0.675. The Morgan fingerprint density at radius 3 is 2.89 bits per heavy atom. The molecule has 1 aliphatic heterocycles. The van der Waals surface area contributed by atoms with Gasteiger partial charge >= 0.3 is 0 Å². The highest BCUT2D eigenvalue weighted by atomic mass is 16.1. The summed E-state index contributed by atoms with van der Waals surface area (Å²) in [6.07, 6.45) is 2.44. The summed E-state index contributed by atoms with van der Waals surface area (Å²) in [5.41, 5.74) is 4.88. The summed E-state index contributed by atoms with van der Waals surface area (Å²) in [4.78, 5) is 18.7. The van der Waals surface area contributed by atoms with Crippen molar-refractivity contribution in [3.8, 4) is 11.4 Å². The second-order valence-electron chi connectivity index (χ2n) is 4.79. The van der Waals surface area contributed by atoms with Crippen LogP contribution in [0, 0.1) is 0 Å². The van der Waals surface area contributed by atoms with Gasteiger partial charge in [0.2, 0.25) is 0 Å². The van der Waals surface area contributed by atoms with Gasteiger partial charge in [0.15, 0.2) is 5.78 Å². The Bertz CT molecular complexity index is 768. The summed E-state index contributed by atoms with van der Waals surface area (Å²) in [5, 5.41) is 4.39. The van der Waals surface area contributed by atoms with Gasteiger partial charge in [-0.2, -0.15) is 0 Å². The molecule has 0 unspecified atom stereocenters. The number of anilines is 1. The van der Waals surface area contributed by atoms with Crippen molar-refractivity contribution in [3.05, 3.63) is 42.1 Å². The fourth-order valence-corrected chi connectivity index (χ4v) is 2.78. The van der Waals surface area contributed by atoms with Crippen LogP contribution in [0.2, 0.25) is 0 Å². The molecule has 0 spiro atoms. The molecule has 2 aromatic heterocycles. The van der Waals surface area contributed by atoms with E-state index in [0.717, 1.165) is 33.5 Å². The number of carbonyl (C=O) groups is 1. The molecule has 4 rings (SSSR count). The number of ketones is 1. The highest BCUT2D eigenvalue weighted by Crippen LogP contribution is 2.37. The van der Waals surface area contributed by atoms with Gasteiger partial charge in [-0.1, -0.05) is 12.1 Å². The third-order valence-electron chi connectivity index (χ3n) is 3.65. The molecule has 0 radical (unpaired) electrons. The van der Waals surface area contributed by atoms with E-state index in [1.807, 2.05) is 36.5 Å². The Balaban J connectivity index is 2.10. The van der Waals surface area contributed by atoms with Gasteiger partial charge < -0.3 is 15.3 Å². The van der Waals surface area contributed by atoms with E-state index in [0.29, 0.717) is 13.0 Å².